The number of hydrogen-bond donors (Lipinski definition) is 1. The molecule has 0 amide bonds. The van der Waals surface area contributed by atoms with Crippen LogP contribution in [-0.4, -0.2) is 9.55 Å². The van der Waals surface area contributed by atoms with Crippen LogP contribution in [-0.2, 0) is 6.54 Å². The van der Waals surface area contributed by atoms with Crippen LogP contribution in [0, 0.1) is 6.92 Å². The van der Waals surface area contributed by atoms with Crippen molar-refractivity contribution in [1.29, 1.82) is 0 Å². The zero-order valence-electron chi connectivity index (χ0n) is 11.9. The third-order valence-corrected chi connectivity index (χ3v) is 4.17. The van der Waals surface area contributed by atoms with Gasteiger partial charge in [0, 0.05) is 22.5 Å². The van der Waals surface area contributed by atoms with Crippen LogP contribution in [0.1, 0.15) is 38.1 Å². The van der Waals surface area contributed by atoms with Crippen molar-refractivity contribution in [2.45, 2.75) is 40.2 Å². The van der Waals surface area contributed by atoms with Gasteiger partial charge in [0.15, 0.2) is 0 Å². The second-order valence-electron chi connectivity index (χ2n) is 5.07. The highest BCUT2D eigenvalue weighted by molar-refractivity contribution is 9.10. The van der Waals surface area contributed by atoms with E-state index in [2.05, 4.69) is 66.4 Å². The average molecular weight is 322 g/mol. The van der Waals surface area contributed by atoms with E-state index in [0.717, 1.165) is 33.9 Å². The van der Waals surface area contributed by atoms with Gasteiger partial charge in [0.25, 0.3) is 0 Å². The molecule has 3 nitrogen and oxygen atoms in total. The van der Waals surface area contributed by atoms with Crippen molar-refractivity contribution in [2.24, 2.45) is 0 Å². The Labute approximate surface area is 123 Å². The number of imidazole rings is 1. The number of hydrogen-bond acceptors (Lipinski definition) is 2. The van der Waals surface area contributed by atoms with Gasteiger partial charge in [-0.15, -0.1) is 0 Å². The van der Waals surface area contributed by atoms with Crippen LogP contribution < -0.4 is 5.73 Å². The molecule has 0 unspecified atom stereocenters. The van der Waals surface area contributed by atoms with Crippen LogP contribution in [0.3, 0.4) is 0 Å². The molecule has 2 aromatic rings. The molecule has 0 radical (unpaired) electrons. The van der Waals surface area contributed by atoms with Crippen molar-refractivity contribution in [1.82, 2.24) is 9.55 Å². The number of nitrogen functional groups attached to an aromatic ring is 1. The third kappa shape index (κ3) is 2.54. The van der Waals surface area contributed by atoms with Crippen molar-refractivity contribution in [3.05, 3.63) is 34.1 Å². The Hall–Kier alpha value is -1.29. The molecule has 0 aliphatic carbocycles. The van der Waals surface area contributed by atoms with E-state index in [1.54, 1.807) is 0 Å². The lowest BCUT2D eigenvalue weighted by molar-refractivity contribution is 0.658. The highest BCUT2D eigenvalue weighted by Crippen LogP contribution is 2.31. The van der Waals surface area contributed by atoms with Crippen molar-refractivity contribution in [3.8, 4) is 11.3 Å². The number of benzene rings is 1. The lowest BCUT2D eigenvalue weighted by Gasteiger charge is -2.08. The Balaban J connectivity index is 2.59. The number of halogens is 1. The van der Waals surface area contributed by atoms with Gasteiger partial charge < -0.3 is 10.3 Å². The van der Waals surface area contributed by atoms with Gasteiger partial charge in [-0.05, 0) is 25.5 Å². The molecule has 0 saturated carbocycles. The first-order chi connectivity index (χ1) is 8.95. The van der Waals surface area contributed by atoms with E-state index in [9.17, 15) is 0 Å². The van der Waals surface area contributed by atoms with Gasteiger partial charge in [-0.2, -0.15) is 0 Å². The van der Waals surface area contributed by atoms with Crippen LogP contribution in [0.25, 0.3) is 11.3 Å². The third-order valence-electron chi connectivity index (χ3n) is 3.31. The monoisotopic (exact) mass is 321 g/mol. The van der Waals surface area contributed by atoms with Gasteiger partial charge in [-0.1, -0.05) is 41.9 Å². The Morgan fingerprint density at radius 1 is 1.37 bits per heavy atom. The molecule has 1 aromatic heterocycles. The van der Waals surface area contributed by atoms with E-state index in [-0.39, 0.29) is 0 Å². The van der Waals surface area contributed by atoms with Crippen molar-refractivity contribution < 1.29 is 0 Å². The minimum Gasteiger partial charge on any atom is -0.383 e. The molecule has 19 heavy (non-hydrogen) atoms. The van der Waals surface area contributed by atoms with Gasteiger partial charge in [0.2, 0.25) is 0 Å². The summed E-state index contributed by atoms with van der Waals surface area (Å²) in [5.74, 6) is 2.17. The van der Waals surface area contributed by atoms with E-state index in [0.29, 0.717) is 5.92 Å². The summed E-state index contributed by atoms with van der Waals surface area (Å²) in [4.78, 5) is 4.74. The molecule has 0 aliphatic heterocycles. The summed E-state index contributed by atoms with van der Waals surface area (Å²) in [7, 11) is 0. The first kappa shape index (κ1) is 14.1. The van der Waals surface area contributed by atoms with E-state index >= 15 is 0 Å². The summed E-state index contributed by atoms with van der Waals surface area (Å²) in [5.41, 5.74) is 9.41. The predicted octanol–water partition coefficient (Wildman–Crippen LogP) is 4.35. The maximum absolute atomic E-state index is 6.26. The van der Waals surface area contributed by atoms with E-state index in [1.165, 1.54) is 5.56 Å². The number of nitrogens with zero attached hydrogens (tertiary/aromatic N) is 2. The largest absolute Gasteiger partial charge is 0.383 e. The first-order valence-electron chi connectivity index (χ1n) is 6.58. The first-order valence-corrected chi connectivity index (χ1v) is 7.37. The Morgan fingerprint density at radius 3 is 2.53 bits per heavy atom. The van der Waals surface area contributed by atoms with E-state index < -0.39 is 0 Å². The highest BCUT2D eigenvalue weighted by Gasteiger charge is 2.17. The molecule has 0 atom stereocenters. The summed E-state index contributed by atoms with van der Waals surface area (Å²) in [6.45, 7) is 9.30. The van der Waals surface area contributed by atoms with Crippen molar-refractivity contribution in [3.63, 3.8) is 0 Å². The molecular formula is C15H20BrN3. The van der Waals surface area contributed by atoms with Crippen LogP contribution in [0.5, 0.6) is 0 Å². The standard InChI is InChI=1S/C15H20BrN3/c1-5-19-14(17)13(18-15(19)9(2)3)11-7-6-10(4)12(16)8-11/h6-9H,5,17H2,1-4H3. The zero-order chi connectivity index (χ0) is 14.2. The maximum atomic E-state index is 6.26. The number of rotatable bonds is 3. The number of nitrogens with two attached hydrogens (primary N) is 1. The Kier molecular flexibility index (Phi) is 3.99. The second-order valence-corrected chi connectivity index (χ2v) is 5.92. The Morgan fingerprint density at radius 2 is 2.05 bits per heavy atom. The summed E-state index contributed by atoms with van der Waals surface area (Å²) in [5, 5.41) is 0. The van der Waals surface area contributed by atoms with Crippen LogP contribution in [0.4, 0.5) is 5.82 Å². The summed E-state index contributed by atoms with van der Waals surface area (Å²) < 4.78 is 3.18. The van der Waals surface area contributed by atoms with Gasteiger partial charge in [-0.25, -0.2) is 4.98 Å². The average Bonchev–Trinajstić information content (AvgIpc) is 2.70. The van der Waals surface area contributed by atoms with Crippen LogP contribution in [0.2, 0.25) is 0 Å². The van der Waals surface area contributed by atoms with E-state index in [4.69, 9.17) is 10.7 Å². The molecule has 1 heterocycles. The second kappa shape index (κ2) is 5.37. The summed E-state index contributed by atoms with van der Waals surface area (Å²) in [6, 6.07) is 6.24. The Bertz CT molecular complexity index is 600. The molecule has 4 heteroatoms. The van der Waals surface area contributed by atoms with Gasteiger partial charge in [-0.3, -0.25) is 0 Å². The molecule has 0 bridgehead atoms. The van der Waals surface area contributed by atoms with Gasteiger partial charge >= 0.3 is 0 Å². The number of anilines is 1. The smallest absolute Gasteiger partial charge is 0.131 e. The van der Waals surface area contributed by atoms with Crippen molar-refractivity contribution >= 4 is 21.7 Å². The molecule has 2 N–H and O–H groups in total. The fraction of sp³-hybridized carbons (Fsp3) is 0.400. The van der Waals surface area contributed by atoms with Gasteiger partial charge in [0.1, 0.15) is 17.3 Å². The molecular weight excluding hydrogens is 302 g/mol. The molecule has 0 fully saturated rings. The van der Waals surface area contributed by atoms with Crippen LogP contribution in [0.15, 0.2) is 22.7 Å². The molecule has 1 aromatic carbocycles. The predicted molar refractivity (Wildman–Crippen MR) is 84.3 cm³/mol. The number of aryl methyl sites for hydroxylation is 1. The molecule has 0 spiro atoms. The fourth-order valence-corrected chi connectivity index (χ4v) is 2.59. The maximum Gasteiger partial charge on any atom is 0.131 e. The SMILES string of the molecule is CCn1c(C(C)C)nc(-c2ccc(C)c(Br)c2)c1N. The zero-order valence-corrected chi connectivity index (χ0v) is 13.5. The fourth-order valence-electron chi connectivity index (χ4n) is 2.21. The normalized spacial score (nSPS) is 11.3. The quantitative estimate of drug-likeness (QED) is 0.913. The minimum absolute atomic E-state index is 0.366. The van der Waals surface area contributed by atoms with Crippen molar-refractivity contribution in [2.75, 3.05) is 5.73 Å². The molecule has 0 saturated heterocycles. The summed E-state index contributed by atoms with van der Waals surface area (Å²) >= 11 is 3.56. The molecule has 0 aliphatic rings. The molecule has 2 rings (SSSR count). The topological polar surface area (TPSA) is 43.8 Å². The minimum atomic E-state index is 0.366. The lowest BCUT2D eigenvalue weighted by atomic mass is 10.1. The highest BCUT2D eigenvalue weighted by atomic mass is 79.9. The molecule has 102 valence electrons. The number of aromatic nitrogens is 2. The van der Waals surface area contributed by atoms with E-state index in [1.807, 2.05) is 0 Å². The lowest BCUT2D eigenvalue weighted by Crippen LogP contribution is -2.06. The summed E-state index contributed by atoms with van der Waals surface area (Å²) in [6.07, 6.45) is 0. The van der Waals surface area contributed by atoms with Gasteiger partial charge in [0.05, 0.1) is 0 Å². The van der Waals surface area contributed by atoms with Crippen LogP contribution >= 0.6 is 15.9 Å².